The van der Waals surface area contributed by atoms with Crippen LogP contribution in [0.25, 0.3) is 5.82 Å². The van der Waals surface area contributed by atoms with E-state index in [-0.39, 0.29) is 19.2 Å². The van der Waals surface area contributed by atoms with Crippen LogP contribution in [0.3, 0.4) is 0 Å². The van der Waals surface area contributed by atoms with Crippen LogP contribution in [-0.2, 0) is 12.4 Å². The van der Waals surface area contributed by atoms with Crippen molar-refractivity contribution in [2.45, 2.75) is 12.4 Å². The fourth-order valence-corrected chi connectivity index (χ4v) is 3.48. The molecule has 34 heavy (non-hydrogen) atoms. The molecular weight excluding hydrogens is 466 g/mol. The van der Waals surface area contributed by atoms with E-state index in [0.717, 1.165) is 0 Å². The van der Waals surface area contributed by atoms with Crippen LogP contribution in [0.4, 0.5) is 42.6 Å². The molecule has 13 heteroatoms. The lowest BCUT2D eigenvalue weighted by molar-refractivity contribution is -0.143. The molecule has 0 spiro atoms. The maximum atomic E-state index is 13.0. The highest BCUT2D eigenvalue weighted by Gasteiger charge is 2.37. The van der Waals surface area contributed by atoms with Gasteiger partial charge < -0.3 is 19.7 Å². The van der Waals surface area contributed by atoms with Crippen molar-refractivity contribution in [2.24, 2.45) is 0 Å². The van der Waals surface area contributed by atoms with Gasteiger partial charge in [0.25, 0.3) is 0 Å². The predicted molar refractivity (Wildman–Crippen MR) is 111 cm³/mol. The van der Waals surface area contributed by atoms with Crippen molar-refractivity contribution in [3.8, 4) is 5.82 Å². The Morgan fingerprint density at radius 1 is 0.794 bits per heavy atom. The fourth-order valence-electron chi connectivity index (χ4n) is 3.48. The number of aromatic nitrogens is 3. The van der Waals surface area contributed by atoms with Gasteiger partial charge in [-0.3, -0.25) is 0 Å². The van der Waals surface area contributed by atoms with Gasteiger partial charge in [-0.15, -0.1) is 10.2 Å². The second-order valence-corrected chi connectivity index (χ2v) is 7.54. The summed E-state index contributed by atoms with van der Waals surface area (Å²) in [6, 6.07) is 7.44. The van der Waals surface area contributed by atoms with Gasteiger partial charge in [0.05, 0.1) is 11.1 Å². The summed E-state index contributed by atoms with van der Waals surface area (Å²) in [5.41, 5.74) is -3.57. The largest absolute Gasteiger partial charge is 0.416 e. The van der Waals surface area contributed by atoms with Crippen molar-refractivity contribution in [3.63, 3.8) is 0 Å². The molecule has 7 nitrogen and oxygen atoms in total. The highest BCUT2D eigenvalue weighted by atomic mass is 19.4. The minimum absolute atomic E-state index is 0.0109. The Labute approximate surface area is 189 Å². The van der Waals surface area contributed by atoms with Crippen molar-refractivity contribution in [2.75, 3.05) is 36.4 Å². The first-order valence-corrected chi connectivity index (χ1v) is 10.1. The van der Waals surface area contributed by atoms with Gasteiger partial charge in [0.2, 0.25) is 0 Å². The SMILES string of the molecule is O=C(Nc1cc(C(F)(F)F)cc(C(F)(F)F)c1)N1CCN(c2ccc(-n3cccc3)nn2)CC1. The molecule has 1 N–H and O–H groups in total. The molecule has 3 aromatic rings. The minimum Gasteiger partial charge on any atom is -0.352 e. The Morgan fingerprint density at radius 2 is 1.32 bits per heavy atom. The van der Waals surface area contributed by atoms with Gasteiger partial charge in [0.1, 0.15) is 0 Å². The van der Waals surface area contributed by atoms with E-state index in [1.165, 1.54) is 4.90 Å². The molecule has 1 aliphatic rings. The van der Waals surface area contributed by atoms with Gasteiger partial charge in [0, 0.05) is 44.3 Å². The molecule has 1 aromatic carbocycles. The first kappa shape index (κ1) is 23.4. The first-order valence-electron chi connectivity index (χ1n) is 10.1. The van der Waals surface area contributed by atoms with Crippen LogP contribution in [0.5, 0.6) is 0 Å². The highest BCUT2D eigenvalue weighted by molar-refractivity contribution is 5.89. The summed E-state index contributed by atoms with van der Waals surface area (Å²) in [5.74, 6) is 1.22. The zero-order valence-corrected chi connectivity index (χ0v) is 17.4. The van der Waals surface area contributed by atoms with Gasteiger partial charge in [0.15, 0.2) is 11.6 Å². The van der Waals surface area contributed by atoms with E-state index < -0.39 is 35.2 Å². The maximum absolute atomic E-state index is 13.0. The highest BCUT2D eigenvalue weighted by Crippen LogP contribution is 2.37. The van der Waals surface area contributed by atoms with Crippen molar-refractivity contribution in [1.29, 1.82) is 0 Å². The number of hydrogen-bond donors (Lipinski definition) is 1. The van der Waals surface area contributed by atoms with E-state index >= 15 is 0 Å². The second-order valence-electron chi connectivity index (χ2n) is 7.54. The van der Waals surface area contributed by atoms with Crippen molar-refractivity contribution in [3.05, 3.63) is 66.0 Å². The fraction of sp³-hybridized carbons (Fsp3) is 0.286. The number of carbonyl (C=O) groups is 1. The van der Waals surface area contributed by atoms with Crippen molar-refractivity contribution >= 4 is 17.5 Å². The quantitative estimate of drug-likeness (QED) is 0.550. The molecule has 1 fully saturated rings. The summed E-state index contributed by atoms with van der Waals surface area (Å²) < 4.78 is 80.0. The number of nitrogens with zero attached hydrogens (tertiary/aromatic N) is 5. The van der Waals surface area contributed by atoms with Crippen LogP contribution in [0, 0.1) is 0 Å². The maximum Gasteiger partial charge on any atom is 0.416 e. The summed E-state index contributed by atoms with van der Waals surface area (Å²) in [5, 5.41) is 10.5. The van der Waals surface area contributed by atoms with E-state index in [1.807, 2.05) is 29.4 Å². The number of nitrogens with one attached hydrogen (secondary N) is 1. The minimum atomic E-state index is -5.00. The average Bonchev–Trinajstić information content (AvgIpc) is 3.33. The zero-order chi connectivity index (χ0) is 24.5. The van der Waals surface area contributed by atoms with Crippen LogP contribution < -0.4 is 10.2 Å². The monoisotopic (exact) mass is 484 g/mol. The molecule has 2 aromatic heterocycles. The molecule has 3 heterocycles. The lowest BCUT2D eigenvalue weighted by Crippen LogP contribution is -2.50. The molecule has 2 amide bonds. The number of piperazine rings is 1. The molecule has 0 saturated carbocycles. The molecular formula is C21H18F6N6O. The topological polar surface area (TPSA) is 66.3 Å². The van der Waals surface area contributed by atoms with Gasteiger partial charge in [-0.05, 0) is 42.5 Å². The van der Waals surface area contributed by atoms with Crippen molar-refractivity contribution < 1.29 is 31.1 Å². The summed E-state index contributed by atoms with van der Waals surface area (Å²) >= 11 is 0. The summed E-state index contributed by atoms with van der Waals surface area (Å²) in [6.07, 6.45) is -6.35. The van der Waals surface area contributed by atoms with Gasteiger partial charge in [-0.2, -0.15) is 26.3 Å². The van der Waals surface area contributed by atoms with Crippen LogP contribution in [0.2, 0.25) is 0 Å². The van der Waals surface area contributed by atoms with E-state index in [0.29, 0.717) is 36.9 Å². The number of anilines is 2. The summed E-state index contributed by atoms with van der Waals surface area (Å²) in [7, 11) is 0. The molecule has 0 unspecified atom stereocenters. The molecule has 180 valence electrons. The molecule has 0 radical (unpaired) electrons. The smallest absolute Gasteiger partial charge is 0.352 e. The molecule has 1 aliphatic heterocycles. The number of hydrogen-bond acceptors (Lipinski definition) is 4. The number of halogens is 6. The number of benzene rings is 1. The normalized spacial score (nSPS) is 14.9. The molecule has 4 rings (SSSR count). The number of amides is 2. The van der Waals surface area contributed by atoms with Crippen LogP contribution in [-0.4, -0.2) is 51.9 Å². The third-order valence-corrected chi connectivity index (χ3v) is 5.24. The third kappa shape index (κ3) is 5.24. The standard InChI is InChI=1S/C21H18F6N6O/c22-20(23,24)14-11-15(21(25,26)27)13-16(12-14)28-19(34)33-9-7-32(8-10-33)18-4-3-17(29-30-18)31-5-1-2-6-31/h1-6,11-13H,7-10H2,(H,28,34). The summed E-state index contributed by atoms with van der Waals surface area (Å²) in [6.45, 7) is 1.11. The van der Waals surface area contributed by atoms with E-state index in [9.17, 15) is 31.1 Å². The number of carbonyl (C=O) groups excluding carboxylic acids is 1. The number of alkyl halides is 6. The van der Waals surface area contributed by atoms with Crippen LogP contribution in [0.15, 0.2) is 54.9 Å². The third-order valence-electron chi connectivity index (χ3n) is 5.24. The van der Waals surface area contributed by atoms with E-state index in [1.54, 1.807) is 16.7 Å². The van der Waals surface area contributed by atoms with Crippen LogP contribution >= 0.6 is 0 Å². The summed E-state index contributed by atoms with van der Waals surface area (Å²) in [4.78, 5) is 15.7. The van der Waals surface area contributed by atoms with Gasteiger partial charge >= 0.3 is 18.4 Å². The van der Waals surface area contributed by atoms with Gasteiger partial charge in [-0.25, -0.2) is 4.79 Å². The van der Waals surface area contributed by atoms with E-state index in [4.69, 9.17) is 0 Å². The number of rotatable bonds is 3. The average molecular weight is 484 g/mol. The lowest BCUT2D eigenvalue weighted by Gasteiger charge is -2.35. The predicted octanol–water partition coefficient (Wildman–Crippen LogP) is 4.66. The Morgan fingerprint density at radius 3 is 1.82 bits per heavy atom. The Kier molecular flexibility index (Phi) is 6.11. The van der Waals surface area contributed by atoms with Crippen molar-refractivity contribution in [1.82, 2.24) is 19.7 Å². The Bertz CT molecular complexity index is 1100. The second kappa shape index (κ2) is 8.88. The van der Waals surface area contributed by atoms with E-state index in [2.05, 4.69) is 15.5 Å². The molecule has 0 atom stereocenters. The van der Waals surface area contributed by atoms with Crippen LogP contribution in [0.1, 0.15) is 11.1 Å². The molecule has 0 aliphatic carbocycles. The molecule has 1 saturated heterocycles. The Hall–Kier alpha value is -3.77. The Balaban J connectivity index is 1.40. The molecule has 0 bridgehead atoms. The lowest BCUT2D eigenvalue weighted by atomic mass is 10.1. The zero-order valence-electron chi connectivity index (χ0n) is 17.4. The first-order chi connectivity index (χ1) is 16.0. The number of urea groups is 1. The van der Waals surface area contributed by atoms with Gasteiger partial charge in [-0.1, -0.05) is 0 Å².